The zero-order chi connectivity index (χ0) is 27.0. The third kappa shape index (κ3) is 6.04. The average Bonchev–Trinajstić information content (AvgIpc) is 3.70. The fourth-order valence-corrected chi connectivity index (χ4v) is 7.40. The fourth-order valence-electron chi connectivity index (χ4n) is 6.33. The molecule has 1 aromatic heterocycles. The number of thiophene rings is 1. The SMILES string of the molecule is O=C(COc1ccc(CN2CCC3(CCN(C4=NCNc5sc(CC(F)(F)F)cc54)C3)C2)cc1)N1CCCC1. The smallest absolute Gasteiger partial charge is 0.393 e. The van der Waals surface area contributed by atoms with Crippen molar-refractivity contribution in [1.29, 1.82) is 0 Å². The summed E-state index contributed by atoms with van der Waals surface area (Å²) in [6.45, 7) is 6.77. The van der Waals surface area contributed by atoms with Gasteiger partial charge in [0.15, 0.2) is 6.61 Å². The molecule has 5 heterocycles. The normalized spacial score (nSPS) is 23.3. The van der Waals surface area contributed by atoms with E-state index in [0.717, 1.165) is 87.9 Å². The lowest BCUT2D eigenvalue weighted by Gasteiger charge is -2.28. The fraction of sp³-hybridized carbons (Fsp3) is 0.571. The van der Waals surface area contributed by atoms with E-state index in [-0.39, 0.29) is 17.9 Å². The summed E-state index contributed by atoms with van der Waals surface area (Å²) >= 11 is 1.19. The number of halogens is 3. The number of fused-ring (bicyclic) bond motifs is 1. The lowest BCUT2D eigenvalue weighted by atomic mass is 9.86. The quantitative estimate of drug-likeness (QED) is 0.560. The first-order valence-electron chi connectivity index (χ1n) is 13.7. The molecule has 7 nitrogen and oxygen atoms in total. The zero-order valence-electron chi connectivity index (χ0n) is 21.9. The number of amidine groups is 1. The van der Waals surface area contributed by atoms with Crippen molar-refractivity contribution in [2.24, 2.45) is 10.4 Å². The number of alkyl halides is 3. The maximum Gasteiger partial charge on any atom is 0.393 e. The summed E-state index contributed by atoms with van der Waals surface area (Å²) in [5.74, 6) is 1.60. The van der Waals surface area contributed by atoms with Gasteiger partial charge in [0.05, 0.1) is 12.0 Å². The molecule has 1 atom stereocenters. The number of hydrogen-bond donors (Lipinski definition) is 1. The Kier molecular flexibility index (Phi) is 7.22. The second-order valence-corrected chi connectivity index (χ2v) is 12.4. The first kappa shape index (κ1) is 26.4. The van der Waals surface area contributed by atoms with Crippen molar-refractivity contribution in [3.05, 3.63) is 46.3 Å². The summed E-state index contributed by atoms with van der Waals surface area (Å²) in [7, 11) is 0. The van der Waals surface area contributed by atoms with Gasteiger partial charge in [-0.3, -0.25) is 9.69 Å². The summed E-state index contributed by atoms with van der Waals surface area (Å²) in [5.41, 5.74) is 2.20. The van der Waals surface area contributed by atoms with E-state index in [9.17, 15) is 18.0 Å². The van der Waals surface area contributed by atoms with Gasteiger partial charge in [-0.25, -0.2) is 4.99 Å². The maximum absolute atomic E-state index is 13.0. The highest BCUT2D eigenvalue weighted by Gasteiger charge is 2.45. The Balaban J connectivity index is 1.02. The van der Waals surface area contributed by atoms with Gasteiger partial charge >= 0.3 is 6.18 Å². The molecule has 3 saturated heterocycles. The molecule has 1 amide bonds. The molecule has 6 rings (SSSR count). The lowest BCUT2D eigenvalue weighted by molar-refractivity contribution is -0.132. The number of amides is 1. The van der Waals surface area contributed by atoms with Crippen LogP contribution in [0.2, 0.25) is 0 Å². The highest BCUT2D eigenvalue weighted by Crippen LogP contribution is 2.42. The predicted octanol–water partition coefficient (Wildman–Crippen LogP) is 4.58. The Morgan fingerprint density at radius 3 is 2.62 bits per heavy atom. The van der Waals surface area contributed by atoms with Crippen molar-refractivity contribution in [2.45, 2.75) is 44.8 Å². The van der Waals surface area contributed by atoms with Gasteiger partial charge in [0.1, 0.15) is 23.3 Å². The van der Waals surface area contributed by atoms with Crippen LogP contribution in [0.1, 0.15) is 41.7 Å². The third-order valence-corrected chi connectivity index (χ3v) is 9.37. The summed E-state index contributed by atoms with van der Waals surface area (Å²) in [4.78, 5) is 23.8. The Hall–Kier alpha value is -2.79. The summed E-state index contributed by atoms with van der Waals surface area (Å²) in [5, 5.41) is 3.94. The minimum absolute atomic E-state index is 0.0528. The number of benzene rings is 1. The largest absolute Gasteiger partial charge is 0.484 e. The molecule has 0 aliphatic carbocycles. The van der Waals surface area contributed by atoms with Crippen LogP contribution in [0.5, 0.6) is 5.75 Å². The van der Waals surface area contributed by atoms with Crippen LogP contribution < -0.4 is 10.1 Å². The van der Waals surface area contributed by atoms with E-state index in [2.05, 4.69) is 32.2 Å². The zero-order valence-corrected chi connectivity index (χ0v) is 22.8. The minimum atomic E-state index is -4.21. The van der Waals surface area contributed by atoms with Crippen molar-refractivity contribution < 1.29 is 22.7 Å². The van der Waals surface area contributed by atoms with Crippen LogP contribution in [-0.4, -0.2) is 85.2 Å². The average molecular weight is 562 g/mol. The van der Waals surface area contributed by atoms with E-state index in [1.54, 1.807) is 6.07 Å². The molecule has 2 aromatic rings. The number of rotatable bonds is 6. The number of carbonyl (C=O) groups is 1. The third-order valence-electron chi connectivity index (χ3n) is 8.27. The number of likely N-dealkylation sites (tertiary alicyclic amines) is 3. The van der Waals surface area contributed by atoms with Gasteiger partial charge in [-0.05, 0) is 56.0 Å². The van der Waals surface area contributed by atoms with Crippen molar-refractivity contribution in [2.75, 3.05) is 57.9 Å². The summed E-state index contributed by atoms with van der Waals surface area (Å²) in [6, 6.07) is 9.69. The lowest BCUT2D eigenvalue weighted by Crippen LogP contribution is -2.36. The van der Waals surface area contributed by atoms with Crippen LogP contribution in [0.25, 0.3) is 0 Å². The molecule has 1 unspecified atom stereocenters. The van der Waals surface area contributed by atoms with Gasteiger partial charge in [-0.15, -0.1) is 11.3 Å². The van der Waals surface area contributed by atoms with Crippen LogP contribution in [0.3, 0.4) is 0 Å². The standard InChI is InChI=1S/C28H34F3N5O2S/c29-28(30,31)14-22-13-23-25(32-19-33-26(23)39-22)36-12-8-27(18-36)7-11-34(17-27)15-20-3-5-21(6-4-20)38-16-24(37)35-9-1-2-10-35/h3-6,13,33H,1-2,7-12,14-19H2. The van der Waals surface area contributed by atoms with E-state index in [1.165, 1.54) is 16.9 Å². The van der Waals surface area contributed by atoms with E-state index in [4.69, 9.17) is 4.74 Å². The highest BCUT2D eigenvalue weighted by atomic mass is 32.1. The van der Waals surface area contributed by atoms with E-state index < -0.39 is 12.6 Å². The van der Waals surface area contributed by atoms with Crippen molar-refractivity contribution in [1.82, 2.24) is 14.7 Å². The number of hydrogen-bond acceptors (Lipinski definition) is 7. The van der Waals surface area contributed by atoms with Gasteiger partial charge in [-0.1, -0.05) is 12.1 Å². The molecule has 3 fully saturated rings. The maximum atomic E-state index is 13.0. The first-order valence-corrected chi connectivity index (χ1v) is 14.5. The number of carbonyl (C=O) groups excluding carboxylic acids is 1. The van der Waals surface area contributed by atoms with Gasteiger partial charge in [0.2, 0.25) is 0 Å². The van der Waals surface area contributed by atoms with Gasteiger partial charge in [0.25, 0.3) is 5.91 Å². The van der Waals surface area contributed by atoms with Gasteiger partial charge in [-0.2, -0.15) is 13.2 Å². The van der Waals surface area contributed by atoms with Crippen molar-refractivity contribution in [3.8, 4) is 5.75 Å². The van der Waals surface area contributed by atoms with E-state index in [0.29, 0.717) is 17.3 Å². The van der Waals surface area contributed by atoms with Crippen molar-refractivity contribution in [3.63, 3.8) is 0 Å². The number of anilines is 1. The van der Waals surface area contributed by atoms with E-state index >= 15 is 0 Å². The van der Waals surface area contributed by atoms with Gasteiger partial charge in [0, 0.05) is 49.6 Å². The van der Waals surface area contributed by atoms with Crippen LogP contribution in [0.4, 0.5) is 18.2 Å². The minimum Gasteiger partial charge on any atom is -0.484 e. The second kappa shape index (κ2) is 10.6. The molecule has 0 radical (unpaired) electrons. The molecule has 1 spiro atoms. The Bertz CT molecular complexity index is 1220. The molecule has 0 saturated carbocycles. The molecule has 11 heteroatoms. The Morgan fingerprint density at radius 2 is 1.85 bits per heavy atom. The van der Waals surface area contributed by atoms with Crippen LogP contribution in [0.15, 0.2) is 35.3 Å². The molecule has 39 heavy (non-hydrogen) atoms. The van der Waals surface area contributed by atoms with E-state index in [1.807, 2.05) is 17.0 Å². The predicted molar refractivity (Wildman–Crippen MR) is 145 cm³/mol. The summed E-state index contributed by atoms with van der Waals surface area (Å²) in [6.07, 6.45) is -0.806. The van der Waals surface area contributed by atoms with Crippen LogP contribution in [-0.2, 0) is 17.8 Å². The molecule has 210 valence electrons. The number of aliphatic imine (C=N–C) groups is 1. The number of nitrogens with zero attached hydrogens (tertiary/aromatic N) is 4. The molecule has 4 aliphatic rings. The molecule has 4 aliphatic heterocycles. The molecular formula is C28H34F3N5O2S. The Morgan fingerprint density at radius 1 is 1.08 bits per heavy atom. The Labute approximate surface area is 230 Å². The number of nitrogens with one attached hydrogen (secondary N) is 1. The molecular weight excluding hydrogens is 527 g/mol. The molecule has 1 aromatic carbocycles. The summed E-state index contributed by atoms with van der Waals surface area (Å²) < 4.78 is 44.6. The van der Waals surface area contributed by atoms with Gasteiger partial charge < -0.3 is 19.9 Å². The molecule has 1 N–H and O–H groups in total. The van der Waals surface area contributed by atoms with Crippen molar-refractivity contribution >= 4 is 28.1 Å². The van der Waals surface area contributed by atoms with Crippen LogP contribution >= 0.6 is 11.3 Å². The monoisotopic (exact) mass is 561 g/mol. The second-order valence-electron chi connectivity index (χ2n) is 11.2. The molecule has 0 bridgehead atoms. The highest BCUT2D eigenvalue weighted by molar-refractivity contribution is 7.16. The van der Waals surface area contributed by atoms with Crippen LogP contribution in [0, 0.1) is 5.41 Å². The topological polar surface area (TPSA) is 60.4 Å². The number of ether oxygens (including phenoxy) is 1. The first-order chi connectivity index (χ1) is 18.8.